The van der Waals surface area contributed by atoms with Crippen LogP contribution in [-0.2, 0) is 11.8 Å². The fraction of sp³-hybridized carbons (Fsp3) is 0.750. The normalized spacial score (nSPS) is 17.6. The van der Waals surface area contributed by atoms with Crippen molar-refractivity contribution in [3.05, 3.63) is 18.0 Å². The molecule has 1 atom stereocenters. The van der Waals surface area contributed by atoms with E-state index in [0.717, 1.165) is 24.9 Å². The number of rotatable bonds is 7. The Balaban J connectivity index is 1.70. The maximum Gasteiger partial charge on any atom is 0.220 e. The molecule has 0 radical (unpaired) electrons. The third-order valence-corrected chi connectivity index (χ3v) is 4.20. The van der Waals surface area contributed by atoms with Crippen molar-refractivity contribution < 1.29 is 4.79 Å². The van der Waals surface area contributed by atoms with Crippen LogP contribution < -0.4 is 5.32 Å². The molecule has 1 aliphatic heterocycles. The highest BCUT2D eigenvalue weighted by Gasteiger charge is 2.15. The van der Waals surface area contributed by atoms with E-state index >= 15 is 0 Å². The largest absolute Gasteiger partial charge is 0.349 e. The van der Waals surface area contributed by atoms with Crippen molar-refractivity contribution >= 4 is 5.91 Å². The minimum atomic E-state index is 0.0844. The second kappa shape index (κ2) is 8.17. The molecule has 1 aromatic rings. The van der Waals surface area contributed by atoms with Gasteiger partial charge in [0.25, 0.3) is 0 Å². The number of amides is 1. The van der Waals surface area contributed by atoms with E-state index in [4.69, 9.17) is 0 Å². The Bertz CT molecular complexity index is 437. The maximum atomic E-state index is 12.1. The minimum absolute atomic E-state index is 0.0844. The number of aryl methyl sites for hydroxylation is 1. The molecule has 0 aromatic carbocycles. The summed E-state index contributed by atoms with van der Waals surface area (Å²) < 4.78 is 1.78. The molecule has 0 bridgehead atoms. The highest BCUT2D eigenvalue weighted by molar-refractivity contribution is 5.76. The average molecular weight is 292 g/mol. The SMILES string of the molecule is CCC(NC(=O)CCCN1CCCCC1)c1cnn(C)c1. The van der Waals surface area contributed by atoms with Crippen molar-refractivity contribution in [1.82, 2.24) is 20.0 Å². The first-order valence-electron chi connectivity index (χ1n) is 8.19. The van der Waals surface area contributed by atoms with Gasteiger partial charge in [-0.1, -0.05) is 13.3 Å². The van der Waals surface area contributed by atoms with E-state index in [1.807, 2.05) is 19.4 Å². The van der Waals surface area contributed by atoms with Crippen LogP contribution in [0.5, 0.6) is 0 Å². The number of aromatic nitrogens is 2. The van der Waals surface area contributed by atoms with Crippen LogP contribution in [-0.4, -0.2) is 40.2 Å². The molecule has 2 heterocycles. The zero-order valence-corrected chi connectivity index (χ0v) is 13.3. The summed E-state index contributed by atoms with van der Waals surface area (Å²) in [7, 11) is 1.90. The smallest absolute Gasteiger partial charge is 0.220 e. The van der Waals surface area contributed by atoms with Gasteiger partial charge in [0.2, 0.25) is 5.91 Å². The van der Waals surface area contributed by atoms with Gasteiger partial charge in [0, 0.05) is 25.2 Å². The van der Waals surface area contributed by atoms with E-state index in [1.54, 1.807) is 4.68 Å². The van der Waals surface area contributed by atoms with E-state index in [1.165, 1.54) is 32.4 Å². The summed E-state index contributed by atoms with van der Waals surface area (Å²) >= 11 is 0. The molecule has 118 valence electrons. The van der Waals surface area contributed by atoms with E-state index in [0.29, 0.717) is 6.42 Å². The van der Waals surface area contributed by atoms with Gasteiger partial charge in [-0.2, -0.15) is 5.10 Å². The van der Waals surface area contributed by atoms with Gasteiger partial charge in [-0.15, -0.1) is 0 Å². The Morgan fingerprint density at radius 1 is 1.38 bits per heavy atom. The molecule has 5 nitrogen and oxygen atoms in total. The summed E-state index contributed by atoms with van der Waals surface area (Å²) in [4.78, 5) is 14.6. The summed E-state index contributed by atoms with van der Waals surface area (Å²) in [5, 5.41) is 7.30. The van der Waals surface area contributed by atoms with Crippen LogP contribution in [0.4, 0.5) is 0 Å². The number of carbonyl (C=O) groups is 1. The molecule has 0 saturated carbocycles. The second-order valence-corrected chi connectivity index (χ2v) is 5.98. The van der Waals surface area contributed by atoms with E-state index in [2.05, 4.69) is 22.2 Å². The molecule has 1 aromatic heterocycles. The van der Waals surface area contributed by atoms with Crippen molar-refractivity contribution in [2.24, 2.45) is 7.05 Å². The average Bonchev–Trinajstić information content (AvgIpc) is 2.92. The molecule has 1 N–H and O–H groups in total. The minimum Gasteiger partial charge on any atom is -0.349 e. The molecular formula is C16H28N4O. The van der Waals surface area contributed by atoms with Crippen molar-refractivity contribution in [2.75, 3.05) is 19.6 Å². The molecule has 0 spiro atoms. The summed E-state index contributed by atoms with van der Waals surface area (Å²) in [6.07, 6.45) is 10.3. The molecule has 1 amide bonds. The monoisotopic (exact) mass is 292 g/mol. The third kappa shape index (κ3) is 5.16. The number of hydrogen-bond acceptors (Lipinski definition) is 3. The lowest BCUT2D eigenvalue weighted by molar-refractivity contribution is -0.122. The predicted molar refractivity (Wildman–Crippen MR) is 83.9 cm³/mol. The quantitative estimate of drug-likeness (QED) is 0.838. The fourth-order valence-electron chi connectivity index (χ4n) is 2.95. The van der Waals surface area contributed by atoms with Crippen LogP contribution in [0.15, 0.2) is 12.4 Å². The highest BCUT2D eigenvalue weighted by Crippen LogP contribution is 2.15. The molecule has 1 unspecified atom stereocenters. The van der Waals surface area contributed by atoms with Crippen LogP contribution in [0.1, 0.15) is 57.1 Å². The lowest BCUT2D eigenvalue weighted by Gasteiger charge is -2.26. The van der Waals surface area contributed by atoms with Crippen molar-refractivity contribution in [3.63, 3.8) is 0 Å². The van der Waals surface area contributed by atoms with E-state index in [-0.39, 0.29) is 11.9 Å². The van der Waals surface area contributed by atoms with Gasteiger partial charge < -0.3 is 10.2 Å². The number of nitrogens with zero attached hydrogens (tertiary/aromatic N) is 3. The van der Waals surface area contributed by atoms with E-state index < -0.39 is 0 Å². The first-order chi connectivity index (χ1) is 10.2. The Morgan fingerprint density at radius 3 is 2.76 bits per heavy atom. The van der Waals surface area contributed by atoms with E-state index in [9.17, 15) is 4.79 Å². The van der Waals surface area contributed by atoms with Gasteiger partial charge in [0.05, 0.1) is 12.2 Å². The summed E-state index contributed by atoms with van der Waals surface area (Å²) in [6.45, 7) is 5.55. The molecule has 2 rings (SSSR count). The first-order valence-corrected chi connectivity index (χ1v) is 8.19. The molecule has 1 aliphatic rings. The van der Waals surface area contributed by atoms with Gasteiger partial charge in [-0.05, 0) is 45.3 Å². The number of hydrogen-bond donors (Lipinski definition) is 1. The Kier molecular flexibility index (Phi) is 6.23. The zero-order chi connectivity index (χ0) is 15.1. The zero-order valence-electron chi connectivity index (χ0n) is 13.3. The summed E-state index contributed by atoms with van der Waals surface area (Å²) in [5.41, 5.74) is 1.09. The van der Waals surface area contributed by atoms with Crippen LogP contribution >= 0.6 is 0 Å². The lowest BCUT2D eigenvalue weighted by atomic mass is 10.1. The number of likely N-dealkylation sites (tertiary alicyclic amines) is 1. The summed E-state index contributed by atoms with van der Waals surface area (Å²) in [5.74, 6) is 0.155. The van der Waals surface area contributed by atoms with Crippen molar-refractivity contribution in [3.8, 4) is 0 Å². The predicted octanol–water partition coefficient (Wildman–Crippen LogP) is 2.25. The second-order valence-electron chi connectivity index (χ2n) is 5.98. The maximum absolute atomic E-state index is 12.1. The molecule has 5 heteroatoms. The van der Waals surface area contributed by atoms with Crippen LogP contribution in [0.3, 0.4) is 0 Å². The molecular weight excluding hydrogens is 264 g/mol. The van der Waals surface area contributed by atoms with Gasteiger partial charge in [0.1, 0.15) is 0 Å². The number of piperidine rings is 1. The van der Waals surface area contributed by atoms with Crippen molar-refractivity contribution in [1.29, 1.82) is 0 Å². The Morgan fingerprint density at radius 2 is 2.14 bits per heavy atom. The fourth-order valence-corrected chi connectivity index (χ4v) is 2.95. The van der Waals surface area contributed by atoms with Crippen LogP contribution in [0.2, 0.25) is 0 Å². The highest BCUT2D eigenvalue weighted by atomic mass is 16.1. The van der Waals surface area contributed by atoms with Gasteiger partial charge in [0.15, 0.2) is 0 Å². The van der Waals surface area contributed by atoms with Gasteiger partial charge >= 0.3 is 0 Å². The molecule has 0 aliphatic carbocycles. The van der Waals surface area contributed by atoms with Gasteiger partial charge in [-0.25, -0.2) is 0 Å². The summed E-state index contributed by atoms with van der Waals surface area (Å²) in [6, 6.07) is 0.0844. The van der Waals surface area contributed by atoms with Crippen LogP contribution in [0, 0.1) is 0 Å². The Labute approximate surface area is 127 Å². The molecule has 21 heavy (non-hydrogen) atoms. The lowest BCUT2D eigenvalue weighted by Crippen LogP contribution is -2.32. The van der Waals surface area contributed by atoms with Gasteiger partial charge in [-0.3, -0.25) is 9.48 Å². The topological polar surface area (TPSA) is 50.2 Å². The first kappa shape index (κ1) is 16.0. The van der Waals surface area contributed by atoms with Crippen molar-refractivity contribution in [2.45, 2.75) is 51.5 Å². The Hall–Kier alpha value is -1.36. The number of nitrogens with one attached hydrogen (secondary N) is 1. The standard InChI is InChI=1S/C16H28N4O/c1-3-15(14-12-17-19(2)13-14)18-16(21)8-7-11-20-9-5-4-6-10-20/h12-13,15H,3-11H2,1-2H3,(H,18,21). The molecule has 1 fully saturated rings. The number of carbonyl (C=O) groups excluding carboxylic acids is 1. The molecule has 1 saturated heterocycles. The van der Waals surface area contributed by atoms with Crippen LogP contribution in [0.25, 0.3) is 0 Å². The third-order valence-electron chi connectivity index (χ3n) is 4.20.